The summed E-state index contributed by atoms with van der Waals surface area (Å²) >= 11 is 0. The van der Waals surface area contributed by atoms with Crippen molar-refractivity contribution < 1.29 is 8.42 Å². The highest BCUT2D eigenvalue weighted by atomic mass is 32.2. The molecule has 1 aromatic heterocycles. The molecule has 2 aromatic rings. The lowest BCUT2D eigenvalue weighted by atomic mass is 10.1. The van der Waals surface area contributed by atoms with Crippen LogP contribution in [-0.4, -0.2) is 59.6 Å². The standard InChI is InChI=1S/C17H20N6O2S/c1-20-11-15(10-19-20)14-3-2-4-16(9-14)22-7-8-23(26(22,24)25)17-5-6-21(12-17)13-18/h2-4,9-11,17H,5-8,12H2,1H3. The molecule has 0 saturated carbocycles. The maximum Gasteiger partial charge on any atom is 0.304 e. The summed E-state index contributed by atoms with van der Waals surface area (Å²) in [5.74, 6) is 0. The zero-order chi connectivity index (χ0) is 18.3. The topological polar surface area (TPSA) is 85.5 Å². The van der Waals surface area contributed by atoms with E-state index in [1.807, 2.05) is 37.5 Å². The van der Waals surface area contributed by atoms with E-state index in [-0.39, 0.29) is 6.04 Å². The molecule has 1 atom stereocenters. The van der Waals surface area contributed by atoms with Crippen molar-refractivity contribution in [3.05, 3.63) is 36.7 Å². The van der Waals surface area contributed by atoms with Gasteiger partial charge in [-0.2, -0.15) is 23.1 Å². The summed E-state index contributed by atoms with van der Waals surface area (Å²) in [7, 11) is -1.73. The Kier molecular flexibility index (Phi) is 4.09. The van der Waals surface area contributed by atoms with Crippen molar-refractivity contribution in [2.24, 2.45) is 7.05 Å². The lowest BCUT2D eigenvalue weighted by Gasteiger charge is -2.24. The van der Waals surface area contributed by atoms with Crippen LogP contribution in [0, 0.1) is 11.5 Å². The van der Waals surface area contributed by atoms with Gasteiger partial charge < -0.3 is 4.90 Å². The number of likely N-dealkylation sites (tertiary alicyclic amines) is 1. The Morgan fingerprint density at radius 2 is 2.08 bits per heavy atom. The Hall–Kier alpha value is -2.57. The van der Waals surface area contributed by atoms with E-state index in [0.717, 1.165) is 11.1 Å². The van der Waals surface area contributed by atoms with E-state index in [9.17, 15) is 8.42 Å². The van der Waals surface area contributed by atoms with Gasteiger partial charge in [-0.1, -0.05) is 12.1 Å². The molecule has 1 unspecified atom stereocenters. The monoisotopic (exact) mass is 372 g/mol. The van der Waals surface area contributed by atoms with Crippen LogP contribution in [0.4, 0.5) is 5.69 Å². The first-order valence-electron chi connectivity index (χ1n) is 8.52. The van der Waals surface area contributed by atoms with Crippen molar-refractivity contribution in [1.82, 2.24) is 19.0 Å². The van der Waals surface area contributed by atoms with Crippen molar-refractivity contribution >= 4 is 15.9 Å². The van der Waals surface area contributed by atoms with Gasteiger partial charge in [0.25, 0.3) is 0 Å². The van der Waals surface area contributed by atoms with Crippen LogP contribution in [0.5, 0.6) is 0 Å². The van der Waals surface area contributed by atoms with E-state index in [4.69, 9.17) is 5.26 Å². The Labute approximate surface area is 153 Å². The Morgan fingerprint density at radius 3 is 2.77 bits per heavy atom. The van der Waals surface area contributed by atoms with Crippen LogP contribution in [0.2, 0.25) is 0 Å². The lowest BCUT2D eigenvalue weighted by Crippen LogP contribution is -2.41. The Morgan fingerprint density at radius 1 is 1.23 bits per heavy atom. The summed E-state index contributed by atoms with van der Waals surface area (Å²) in [4.78, 5) is 1.62. The molecule has 0 N–H and O–H groups in total. The number of aryl methyl sites for hydroxylation is 1. The van der Waals surface area contributed by atoms with E-state index in [1.54, 1.807) is 20.1 Å². The molecule has 9 heteroatoms. The van der Waals surface area contributed by atoms with Gasteiger partial charge in [-0.05, 0) is 24.1 Å². The molecule has 8 nitrogen and oxygen atoms in total. The van der Waals surface area contributed by atoms with Gasteiger partial charge >= 0.3 is 10.2 Å². The molecule has 4 rings (SSSR count). The van der Waals surface area contributed by atoms with E-state index in [0.29, 0.717) is 38.3 Å². The molecule has 26 heavy (non-hydrogen) atoms. The third kappa shape index (κ3) is 2.81. The van der Waals surface area contributed by atoms with Crippen LogP contribution in [0.1, 0.15) is 6.42 Å². The fourth-order valence-electron chi connectivity index (χ4n) is 3.66. The second kappa shape index (κ2) is 6.30. The summed E-state index contributed by atoms with van der Waals surface area (Å²) in [6.45, 7) is 1.95. The SMILES string of the molecule is Cn1cc(-c2cccc(N3CCN(C4CCN(C#N)C4)S3(=O)=O)c2)cn1. The van der Waals surface area contributed by atoms with Crippen molar-refractivity contribution in [2.45, 2.75) is 12.5 Å². The smallest absolute Gasteiger partial charge is 0.304 e. The highest BCUT2D eigenvalue weighted by Gasteiger charge is 2.43. The van der Waals surface area contributed by atoms with Gasteiger partial charge in [-0.15, -0.1) is 0 Å². The number of nitrogens with zero attached hydrogens (tertiary/aromatic N) is 6. The third-order valence-corrected chi connectivity index (χ3v) is 7.01. The van der Waals surface area contributed by atoms with Gasteiger partial charge in [0.05, 0.1) is 11.9 Å². The summed E-state index contributed by atoms with van der Waals surface area (Å²) in [6.07, 6.45) is 6.46. The van der Waals surface area contributed by atoms with Crippen LogP contribution in [0.3, 0.4) is 0 Å². The van der Waals surface area contributed by atoms with Crippen LogP contribution in [0.25, 0.3) is 11.1 Å². The largest absolute Gasteiger partial charge is 0.309 e. The molecule has 0 spiro atoms. The van der Waals surface area contributed by atoms with Gasteiger partial charge in [0.1, 0.15) is 0 Å². The van der Waals surface area contributed by atoms with Crippen molar-refractivity contribution in [1.29, 1.82) is 5.26 Å². The summed E-state index contributed by atoms with van der Waals surface area (Å²) in [5.41, 5.74) is 2.54. The summed E-state index contributed by atoms with van der Waals surface area (Å²) < 4.78 is 30.8. The average molecular weight is 372 g/mol. The zero-order valence-corrected chi connectivity index (χ0v) is 15.3. The van der Waals surface area contributed by atoms with Crippen molar-refractivity contribution in [3.63, 3.8) is 0 Å². The molecule has 2 saturated heterocycles. The van der Waals surface area contributed by atoms with E-state index >= 15 is 0 Å². The molecule has 0 bridgehead atoms. The normalized spacial score (nSPS) is 22.7. The van der Waals surface area contributed by atoms with Gasteiger partial charge in [-0.25, -0.2) is 0 Å². The van der Waals surface area contributed by atoms with E-state index in [1.165, 1.54) is 4.31 Å². The predicted octanol–water partition coefficient (Wildman–Crippen LogP) is 1.01. The molecule has 0 amide bonds. The maximum absolute atomic E-state index is 13.1. The molecule has 2 aliphatic heterocycles. The van der Waals surface area contributed by atoms with Crippen LogP contribution in [-0.2, 0) is 17.3 Å². The number of hydrogen-bond acceptors (Lipinski definition) is 5. The number of nitriles is 1. The number of benzene rings is 1. The molecular formula is C17H20N6O2S. The van der Waals surface area contributed by atoms with E-state index < -0.39 is 10.2 Å². The van der Waals surface area contributed by atoms with Gasteiger partial charge in [0.15, 0.2) is 6.19 Å². The second-order valence-electron chi connectivity index (χ2n) is 6.63. The first kappa shape index (κ1) is 16.9. The van der Waals surface area contributed by atoms with Crippen LogP contribution in [0.15, 0.2) is 36.7 Å². The molecule has 3 heterocycles. The quantitative estimate of drug-likeness (QED) is 0.751. The highest BCUT2D eigenvalue weighted by Crippen LogP contribution is 2.31. The highest BCUT2D eigenvalue weighted by molar-refractivity contribution is 7.90. The first-order valence-corrected chi connectivity index (χ1v) is 9.92. The number of anilines is 1. The Bertz CT molecular complexity index is 964. The lowest BCUT2D eigenvalue weighted by molar-refractivity contribution is 0.345. The molecule has 0 aliphatic carbocycles. The first-order chi connectivity index (χ1) is 12.5. The fourth-order valence-corrected chi connectivity index (χ4v) is 5.47. The molecule has 0 radical (unpaired) electrons. The minimum Gasteiger partial charge on any atom is -0.309 e. The minimum atomic E-state index is -3.58. The Balaban J connectivity index is 1.60. The number of hydrogen-bond donors (Lipinski definition) is 0. The molecule has 2 fully saturated rings. The van der Waals surface area contributed by atoms with Gasteiger partial charge in [0.2, 0.25) is 0 Å². The number of rotatable bonds is 3. The van der Waals surface area contributed by atoms with Gasteiger partial charge in [0, 0.05) is 51.0 Å². The fraction of sp³-hybridized carbons (Fsp3) is 0.412. The second-order valence-corrected chi connectivity index (χ2v) is 8.44. The van der Waals surface area contributed by atoms with Gasteiger partial charge in [-0.3, -0.25) is 8.99 Å². The molecule has 2 aliphatic rings. The van der Waals surface area contributed by atoms with Crippen molar-refractivity contribution in [2.75, 3.05) is 30.5 Å². The number of aromatic nitrogens is 2. The van der Waals surface area contributed by atoms with Crippen LogP contribution >= 0.6 is 0 Å². The zero-order valence-electron chi connectivity index (χ0n) is 14.5. The molecular weight excluding hydrogens is 352 g/mol. The average Bonchev–Trinajstić information content (AvgIpc) is 3.33. The molecule has 1 aromatic carbocycles. The summed E-state index contributed by atoms with van der Waals surface area (Å²) in [5, 5.41) is 13.2. The third-order valence-electron chi connectivity index (χ3n) is 4.98. The van der Waals surface area contributed by atoms with Crippen molar-refractivity contribution in [3.8, 4) is 17.3 Å². The van der Waals surface area contributed by atoms with E-state index in [2.05, 4.69) is 11.3 Å². The molecule has 136 valence electrons. The maximum atomic E-state index is 13.1. The predicted molar refractivity (Wildman–Crippen MR) is 97.2 cm³/mol. The summed E-state index contributed by atoms with van der Waals surface area (Å²) in [6, 6.07) is 7.38. The van der Waals surface area contributed by atoms with Crippen LogP contribution < -0.4 is 4.31 Å². The minimum absolute atomic E-state index is 0.133.